The van der Waals surface area contributed by atoms with E-state index in [-0.39, 0.29) is 29.2 Å². The number of halogens is 3. The Morgan fingerprint density at radius 3 is 2.57 bits per heavy atom. The number of aliphatic carboxylic acids is 1. The molecule has 1 atom stereocenters. The van der Waals surface area contributed by atoms with Gasteiger partial charge in [-0.2, -0.15) is 0 Å². The smallest absolute Gasteiger partial charge is 0.311 e. The van der Waals surface area contributed by atoms with Gasteiger partial charge in [0.1, 0.15) is 16.6 Å². The zero-order valence-electron chi connectivity index (χ0n) is 14.4. The number of rotatable bonds is 7. The Hall–Kier alpha value is -2.28. The van der Waals surface area contributed by atoms with E-state index in [1.54, 1.807) is 11.4 Å². The van der Waals surface area contributed by atoms with Crippen molar-refractivity contribution in [1.29, 1.82) is 0 Å². The first-order valence-electron chi connectivity index (χ1n) is 8.24. The minimum Gasteiger partial charge on any atom is -0.481 e. The molecule has 1 unspecified atom stereocenters. The second-order valence-corrected chi connectivity index (χ2v) is 7.78. The van der Waals surface area contributed by atoms with Crippen LogP contribution in [0.25, 0.3) is 10.6 Å². The fourth-order valence-corrected chi connectivity index (χ4v) is 3.98. The summed E-state index contributed by atoms with van der Waals surface area (Å²) in [6, 6.07) is 11.0. The van der Waals surface area contributed by atoms with Gasteiger partial charge in [-0.1, -0.05) is 47.5 Å². The molecule has 1 heterocycles. The fraction of sp³-hybridized carbons (Fsp3) is 0.150. The molecule has 1 N–H and O–H groups in total. The molecule has 144 valence electrons. The molecule has 0 fully saturated rings. The first kappa shape index (κ1) is 20.5. The van der Waals surface area contributed by atoms with E-state index in [0.29, 0.717) is 15.7 Å². The minimum absolute atomic E-state index is 0.0131. The first-order valence-corrected chi connectivity index (χ1v) is 9.87. The van der Waals surface area contributed by atoms with E-state index >= 15 is 0 Å². The van der Waals surface area contributed by atoms with Gasteiger partial charge in [-0.05, 0) is 23.8 Å². The van der Waals surface area contributed by atoms with Crippen molar-refractivity contribution >= 4 is 46.3 Å². The number of benzene rings is 2. The van der Waals surface area contributed by atoms with Crippen LogP contribution in [0.3, 0.4) is 0 Å². The number of carbonyl (C=O) groups is 2. The van der Waals surface area contributed by atoms with Crippen LogP contribution < -0.4 is 0 Å². The van der Waals surface area contributed by atoms with Gasteiger partial charge in [-0.25, -0.2) is 9.37 Å². The van der Waals surface area contributed by atoms with Crippen LogP contribution in [0.1, 0.15) is 23.6 Å². The zero-order chi connectivity index (χ0) is 20.3. The summed E-state index contributed by atoms with van der Waals surface area (Å²) in [6.07, 6.45) is -0.282. The highest BCUT2D eigenvalue weighted by Crippen LogP contribution is 2.31. The average Bonchev–Trinajstić information content (AvgIpc) is 3.10. The number of nitrogens with zero attached hydrogens (tertiary/aromatic N) is 1. The average molecular weight is 438 g/mol. The van der Waals surface area contributed by atoms with Gasteiger partial charge in [0, 0.05) is 23.8 Å². The fourth-order valence-electron chi connectivity index (χ4n) is 2.73. The normalized spacial score (nSPS) is 12.0. The summed E-state index contributed by atoms with van der Waals surface area (Å²) < 4.78 is 13.7. The Morgan fingerprint density at radius 1 is 1.14 bits per heavy atom. The van der Waals surface area contributed by atoms with E-state index < -0.39 is 17.7 Å². The molecule has 1 aromatic heterocycles. The summed E-state index contributed by atoms with van der Waals surface area (Å²) in [4.78, 5) is 28.4. The summed E-state index contributed by atoms with van der Waals surface area (Å²) in [5.74, 6) is -3.38. The molecule has 3 rings (SSSR count). The van der Waals surface area contributed by atoms with E-state index in [4.69, 9.17) is 23.2 Å². The number of Topliss-reactive ketones (excluding diaryl/α,β-unsaturated/α-hetero) is 1. The number of carboxylic acid groups (broad SMARTS) is 1. The molecule has 28 heavy (non-hydrogen) atoms. The van der Waals surface area contributed by atoms with Crippen LogP contribution in [-0.4, -0.2) is 21.8 Å². The maximum atomic E-state index is 13.7. The lowest BCUT2D eigenvalue weighted by Gasteiger charge is -2.12. The van der Waals surface area contributed by atoms with Gasteiger partial charge in [0.2, 0.25) is 0 Å². The molecule has 0 aliphatic rings. The molecule has 0 saturated heterocycles. The van der Waals surface area contributed by atoms with Crippen molar-refractivity contribution in [2.45, 2.75) is 18.8 Å². The number of carbonyl (C=O) groups excluding carboxylic acids is 1. The third-order valence-corrected chi connectivity index (χ3v) is 5.67. The summed E-state index contributed by atoms with van der Waals surface area (Å²) in [5, 5.41) is 12.3. The van der Waals surface area contributed by atoms with Crippen molar-refractivity contribution in [3.05, 3.63) is 75.0 Å². The molecule has 0 aliphatic carbocycles. The SMILES string of the molecule is O=C(Cc1csc(-c2ccccc2Cl)n1)CC(C(=O)O)c1ccc(Cl)c(F)c1. The van der Waals surface area contributed by atoms with Gasteiger partial charge in [-0.3, -0.25) is 9.59 Å². The quantitative estimate of drug-likeness (QED) is 0.520. The summed E-state index contributed by atoms with van der Waals surface area (Å²) >= 11 is 13.2. The van der Waals surface area contributed by atoms with Crippen LogP contribution >= 0.6 is 34.5 Å². The van der Waals surface area contributed by atoms with Crippen LogP contribution in [0.4, 0.5) is 4.39 Å². The summed E-state index contributed by atoms with van der Waals surface area (Å²) in [7, 11) is 0. The molecule has 3 aromatic rings. The topological polar surface area (TPSA) is 67.3 Å². The molecule has 0 aliphatic heterocycles. The first-order chi connectivity index (χ1) is 13.3. The lowest BCUT2D eigenvalue weighted by Crippen LogP contribution is -2.17. The highest BCUT2D eigenvalue weighted by molar-refractivity contribution is 7.13. The van der Waals surface area contributed by atoms with Crippen molar-refractivity contribution in [1.82, 2.24) is 4.98 Å². The number of carboxylic acids is 1. The Kier molecular flexibility index (Phi) is 6.44. The minimum atomic E-state index is -1.20. The number of aromatic nitrogens is 1. The molecule has 0 bridgehead atoms. The predicted octanol–water partition coefficient (Wildman–Crippen LogP) is 5.63. The molecular formula is C20H14Cl2FNO3S. The lowest BCUT2D eigenvalue weighted by atomic mass is 9.92. The lowest BCUT2D eigenvalue weighted by molar-refractivity contribution is -0.140. The van der Waals surface area contributed by atoms with Crippen molar-refractivity contribution in [3.63, 3.8) is 0 Å². The maximum absolute atomic E-state index is 13.7. The second-order valence-electron chi connectivity index (χ2n) is 6.11. The second kappa shape index (κ2) is 8.82. The van der Waals surface area contributed by atoms with Gasteiger partial charge in [0.25, 0.3) is 0 Å². The standard InChI is InChI=1S/C20H14Cl2FNO3S/c21-16-4-2-1-3-14(16)19-24-12(10-28-19)8-13(25)9-15(20(26)27)11-5-6-17(22)18(23)7-11/h1-7,10,15H,8-9H2,(H,26,27). The van der Waals surface area contributed by atoms with Crippen molar-refractivity contribution in [2.24, 2.45) is 0 Å². The number of hydrogen-bond acceptors (Lipinski definition) is 4. The summed E-state index contributed by atoms with van der Waals surface area (Å²) in [5.41, 5.74) is 1.50. The van der Waals surface area contributed by atoms with Crippen molar-refractivity contribution < 1.29 is 19.1 Å². The highest BCUT2D eigenvalue weighted by atomic mass is 35.5. The van der Waals surface area contributed by atoms with E-state index in [2.05, 4.69) is 4.98 Å². The molecule has 0 spiro atoms. The maximum Gasteiger partial charge on any atom is 0.311 e. The largest absolute Gasteiger partial charge is 0.481 e. The van der Waals surface area contributed by atoms with Gasteiger partial charge >= 0.3 is 5.97 Å². The van der Waals surface area contributed by atoms with Crippen LogP contribution in [0.15, 0.2) is 47.8 Å². The number of hydrogen-bond donors (Lipinski definition) is 1. The molecule has 2 aromatic carbocycles. The van der Waals surface area contributed by atoms with Gasteiger partial charge in [0.05, 0.1) is 21.7 Å². The zero-order valence-corrected chi connectivity index (χ0v) is 16.7. The molecule has 4 nitrogen and oxygen atoms in total. The van der Waals surface area contributed by atoms with Crippen LogP contribution in [-0.2, 0) is 16.0 Å². The predicted molar refractivity (Wildman–Crippen MR) is 108 cm³/mol. The Morgan fingerprint density at radius 2 is 1.89 bits per heavy atom. The van der Waals surface area contributed by atoms with Crippen LogP contribution in [0, 0.1) is 5.82 Å². The number of ketones is 1. The van der Waals surface area contributed by atoms with Crippen molar-refractivity contribution in [3.8, 4) is 10.6 Å². The van der Waals surface area contributed by atoms with E-state index in [0.717, 1.165) is 11.6 Å². The Balaban J connectivity index is 1.73. The Bertz CT molecular complexity index is 1040. The molecule has 0 radical (unpaired) electrons. The third kappa shape index (κ3) is 4.76. The molecule has 0 saturated carbocycles. The van der Waals surface area contributed by atoms with Gasteiger partial charge < -0.3 is 5.11 Å². The number of thiazole rings is 1. The molecule has 0 amide bonds. The van der Waals surface area contributed by atoms with E-state index in [1.807, 2.05) is 18.2 Å². The van der Waals surface area contributed by atoms with Crippen molar-refractivity contribution in [2.75, 3.05) is 0 Å². The molecule has 8 heteroatoms. The monoisotopic (exact) mass is 437 g/mol. The van der Waals surface area contributed by atoms with Crippen LogP contribution in [0.2, 0.25) is 10.0 Å². The van der Waals surface area contributed by atoms with Gasteiger partial charge in [-0.15, -0.1) is 11.3 Å². The Labute approximate surface area is 174 Å². The highest BCUT2D eigenvalue weighted by Gasteiger charge is 2.24. The van der Waals surface area contributed by atoms with E-state index in [1.165, 1.54) is 23.5 Å². The molecular weight excluding hydrogens is 424 g/mol. The third-order valence-electron chi connectivity index (χ3n) is 4.11. The van der Waals surface area contributed by atoms with E-state index in [9.17, 15) is 19.1 Å². The summed E-state index contributed by atoms with van der Waals surface area (Å²) in [6.45, 7) is 0. The van der Waals surface area contributed by atoms with Gasteiger partial charge in [0.15, 0.2) is 0 Å². The van der Waals surface area contributed by atoms with Crippen LogP contribution in [0.5, 0.6) is 0 Å².